The molecule has 1 aromatic carbocycles. The molecule has 1 amide bonds. The molecule has 0 aliphatic rings. The van der Waals surface area contributed by atoms with E-state index >= 15 is 0 Å². The molecule has 0 aliphatic heterocycles. The summed E-state index contributed by atoms with van der Waals surface area (Å²) in [6, 6.07) is 11.1. The van der Waals surface area contributed by atoms with Crippen LogP contribution in [0.25, 0.3) is 10.6 Å². The minimum atomic E-state index is -0.195. The van der Waals surface area contributed by atoms with Crippen LogP contribution in [0.3, 0.4) is 0 Å². The third kappa shape index (κ3) is 3.22. The van der Waals surface area contributed by atoms with Gasteiger partial charge < -0.3 is 10.1 Å². The molecule has 6 heteroatoms. The highest BCUT2D eigenvalue weighted by atomic mass is 32.1. The highest BCUT2D eigenvalue weighted by Crippen LogP contribution is 2.29. The number of nitrogens with zero attached hydrogens (tertiary/aromatic N) is 2. The first-order valence-electron chi connectivity index (χ1n) is 7.01. The second-order valence-corrected chi connectivity index (χ2v) is 5.83. The van der Waals surface area contributed by atoms with Crippen LogP contribution in [0.2, 0.25) is 0 Å². The molecule has 23 heavy (non-hydrogen) atoms. The van der Waals surface area contributed by atoms with Gasteiger partial charge in [-0.25, -0.2) is 4.98 Å². The fraction of sp³-hybridized carbons (Fsp3) is 0.118. The lowest BCUT2D eigenvalue weighted by molar-refractivity contribution is 0.102. The number of carbonyl (C=O) groups is 1. The van der Waals surface area contributed by atoms with Crippen molar-refractivity contribution in [2.75, 3.05) is 12.4 Å². The normalized spacial score (nSPS) is 10.3. The van der Waals surface area contributed by atoms with Crippen molar-refractivity contribution in [3.63, 3.8) is 0 Å². The summed E-state index contributed by atoms with van der Waals surface area (Å²) < 4.78 is 5.25. The van der Waals surface area contributed by atoms with E-state index in [0.717, 1.165) is 10.6 Å². The fourth-order valence-electron chi connectivity index (χ4n) is 2.15. The fourth-order valence-corrected chi connectivity index (χ4v) is 3.10. The summed E-state index contributed by atoms with van der Waals surface area (Å²) in [5.74, 6) is 0.426. The van der Waals surface area contributed by atoms with Gasteiger partial charge in [0.15, 0.2) is 0 Å². The van der Waals surface area contributed by atoms with Gasteiger partial charge >= 0.3 is 0 Å². The molecule has 116 valence electrons. The van der Waals surface area contributed by atoms with Crippen molar-refractivity contribution in [1.82, 2.24) is 9.97 Å². The second-order valence-electron chi connectivity index (χ2n) is 4.83. The summed E-state index contributed by atoms with van der Waals surface area (Å²) in [7, 11) is 1.57. The number of ether oxygens (including phenoxy) is 1. The highest BCUT2D eigenvalue weighted by molar-refractivity contribution is 7.17. The van der Waals surface area contributed by atoms with Crippen LogP contribution in [0.1, 0.15) is 15.4 Å². The van der Waals surface area contributed by atoms with Crippen molar-refractivity contribution >= 4 is 22.9 Å². The number of benzene rings is 1. The summed E-state index contributed by atoms with van der Waals surface area (Å²) in [6.07, 6.45) is 3.44. The van der Waals surface area contributed by atoms with Gasteiger partial charge in [0.2, 0.25) is 0 Å². The molecule has 3 aromatic rings. The van der Waals surface area contributed by atoms with Gasteiger partial charge in [-0.3, -0.25) is 9.78 Å². The molecular weight excluding hydrogens is 310 g/mol. The average molecular weight is 325 g/mol. The Morgan fingerprint density at radius 3 is 2.78 bits per heavy atom. The van der Waals surface area contributed by atoms with E-state index < -0.39 is 0 Å². The molecule has 0 spiro atoms. The van der Waals surface area contributed by atoms with Crippen LogP contribution < -0.4 is 10.1 Å². The number of carbonyl (C=O) groups excluding carboxylic acids is 1. The molecule has 2 aromatic heterocycles. The summed E-state index contributed by atoms with van der Waals surface area (Å²) in [5, 5.41) is 3.65. The smallest absolute Gasteiger partial charge is 0.267 e. The Labute approximate surface area is 138 Å². The van der Waals surface area contributed by atoms with E-state index in [-0.39, 0.29) is 5.91 Å². The minimum Gasteiger partial charge on any atom is -0.495 e. The van der Waals surface area contributed by atoms with Crippen molar-refractivity contribution in [3.8, 4) is 16.3 Å². The molecule has 0 bridgehead atoms. The lowest BCUT2D eigenvalue weighted by atomic mass is 10.2. The van der Waals surface area contributed by atoms with Gasteiger partial charge in [-0.2, -0.15) is 0 Å². The largest absolute Gasteiger partial charge is 0.495 e. The number of hydrogen-bond donors (Lipinski definition) is 1. The van der Waals surface area contributed by atoms with E-state index in [0.29, 0.717) is 22.0 Å². The Balaban J connectivity index is 1.87. The number of methoxy groups -OCH3 is 1. The zero-order chi connectivity index (χ0) is 16.2. The number of aryl methyl sites for hydroxylation is 1. The molecule has 3 rings (SSSR count). The van der Waals surface area contributed by atoms with Crippen LogP contribution in [-0.2, 0) is 0 Å². The van der Waals surface area contributed by atoms with Crippen LogP contribution in [0, 0.1) is 6.92 Å². The molecule has 0 saturated heterocycles. The Hall–Kier alpha value is -2.73. The zero-order valence-corrected chi connectivity index (χ0v) is 13.6. The zero-order valence-electron chi connectivity index (χ0n) is 12.7. The second kappa shape index (κ2) is 6.58. The topological polar surface area (TPSA) is 64.1 Å². The predicted molar refractivity (Wildman–Crippen MR) is 91.0 cm³/mol. The number of anilines is 1. The Morgan fingerprint density at radius 2 is 2.04 bits per heavy atom. The SMILES string of the molecule is COc1ccccc1NC(=O)c1sc(-c2cccnc2)nc1C. The van der Waals surface area contributed by atoms with Crippen molar-refractivity contribution in [3.05, 3.63) is 59.4 Å². The number of pyridine rings is 1. The summed E-state index contributed by atoms with van der Waals surface area (Å²) in [4.78, 5) is 21.7. The van der Waals surface area contributed by atoms with E-state index in [1.807, 2.05) is 31.2 Å². The van der Waals surface area contributed by atoms with E-state index in [1.165, 1.54) is 11.3 Å². The molecule has 0 fully saturated rings. The van der Waals surface area contributed by atoms with E-state index in [4.69, 9.17) is 4.74 Å². The Bertz CT molecular complexity index is 831. The molecule has 1 N–H and O–H groups in total. The number of thiazole rings is 1. The first-order chi connectivity index (χ1) is 11.2. The standard InChI is InChI=1S/C17H15N3O2S/c1-11-15(23-17(19-11)12-6-5-9-18-10-12)16(21)20-13-7-3-4-8-14(13)22-2/h3-10H,1-2H3,(H,20,21). The van der Waals surface area contributed by atoms with Crippen LogP contribution in [0.15, 0.2) is 48.8 Å². The number of hydrogen-bond acceptors (Lipinski definition) is 5. The van der Waals surface area contributed by atoms with Crippen LogP contribution in [0.4, 0.5) is 5.69 Å². The molecule has 0 radical (unpaired) electrons. The quantitative estimate of drug-likeness (QED) is 0.793. The van der Waals surface area contributed by atoms with Gasteiger partial charge in [0, 0.05) is 18.0 Å². The first-order valence-corrected chi connectivity index (χ1v) is 7.83. The van der Waals surface area contributed by atoms with Crippen molar-refractivity contribution in [2.45, 2.75) is 6.92 Å². The monoisotopic (exact) mass is 325 g/mol. The highest BCUT2D eigenvalue weighted by Gasteiger charge is 2.17. The maximum absolute atomic E-state index is 12.5. The molecular formula is C17H15N3O2S. The summed E-state index contributed by atoms with van der Waals surface area (Å²) in [6.45, 7) is 1.83. The van der Waals surface area contributed by atoms with Gasteiger partial charge in [-0.05, 0) is 31.2 Å². The predicted octanol–water partition coefficient (Wildman–Crippen LogP) is 3.77. The summed E-state index contributed by atoms with van der Waals surface area (Å²) in [5.41, 5.74) is 2.23. The van der Waals surface area contributed by atoms with Gasteiger partial charge in [0.25, 0.3) is 5.91 Å². The van der Waals surface area contributed by atoms with Crippen molar-refractivity contribution < 1.29 is 9.53 Å². The van der Waals surface area contributed by atoms with Crippen LogP contribution in [0.5, 0.6) is 5.75 Å². The Kier molecular flexibility index (Phi) is 4.34. The maximum Gasteiger partial charge on any atom is 0.267 e. The first kappa shape index (κ1) is 15.2. The van der Waals surface area contributed by atoms with E-state index in [9.17, 15) is 4.79 Å². The lowest BCUT2D eigenvalue weighted by Crippen LogP contribution is -2.12. The van der Waals surface area contributed by atoms with Gasteiger partial charge in [0.1, 0.15) is 15.6 Å². The van der Waals surface area contributed by atoms with E-state index in [1.54, 1.807) is 31.6 Å². The molecule has 0 saturated carbocycles. The number of nitrogens with one attached hydrogen (secondary N) is 1. The van der Waals surface area contributed by atoms with Gasteiger partial charge in [-0.1, -0.05) is 12.1 Å². The van der Waals surface area contributed by atoms with Gasteiger partial charge in [-0.15, -0.1) is 11.3 Å². The third-order valence-electron chi connectivity index (χ3n) is 3.27. The van der Waals surface area contributed by atoms with Crippen molar-refractivity contribution in [1.29, 1.82) is 0 Å². The third-order valence-corrected chi connectivity index (χ3v) is 4.47. The molecule has 0 aliphatic carbocycles. The number of rotatable bonds is 4. The number of amides is 1. The average Bonchev–Trinajstić information content (AvgIpc) is 2.98. The summed E-state index contributed by atoms with van der Waals surface area (Å²) >= 11 is 1.35. The van der Waals surface area contributed by atoms with Crippen molar-refractivity contribution in [2.24, 2.45) is 0 Å². The minimum absolute atomic E-state index is 0.195. The van der Waals surface area contributed by atoms with Crippen LogP contribution in [-0.4, -0.2) is 23.0 Å². The lowest BCUT2D eigenvalue weighted by Gasteiger charge is -2.08. The number of para-hydroxylation sites is 2. The molecule has 0 atom stereocenters. The van der Waals surface area contributed by atoms with E-state index in [2.05, 4.69) is 15.3 Å². The number of aromatic nitrogens is 2. The molecule has 0 unspecified atom stereocenters. The maximum atomic E-state index is 12.5. The van der Waals surface area contributed by atoms with Crippen LogP contribution >= 0.6 is 11.3 Å². The van der Waals surface area contributed by atoms with Gasteiger partial charge in [0.05, 0.1) is 18.5 Å². The molecule has 2 heterocycles. The molecule has 5 nitrogen and oxygen atoms in total. The Morgan fingerprint density at radius 1 is 1.22 bits per heavy atom.